The minimum Gasteiger partial charge on any atom is -0.482 e. The summed E-state index contributed by atoms with van der Waals surface area (Å²) in [6.45, 7) is 1.03. The molecular weight excluding hydrogens is 381 g/mol. The first-order chi connectivity index (χ1) is 12.4. The second-order valence-electron chi connectivity index (χ2n) is 5.19. The van der Waals surface area contributed by atoms with E-state index in [1.54, 1.807) is 42.5 Å². The van der Waals surface area contributed by atoms with Crippen LogP contribution in [0.2, 0.25) is 10.0 Å². The zero-order valence-electron chi connectivity index (χ0n) is 13.7. The standard InChI is InChI=1S/C18H15Cl2NO5/c1-11(18(24)21-17-14(19)3-2-4-15(17)20)26-16(23)10-25-13-7-5-12(9-22)6-8-13/h2-9,11H,10H2,1H3,(H,21,24)/t11-/m0/s1. The predicted octanol–water partition coefficient (Wildman–Crippen LogP) is 3.76. The normalized spacial score (nSPS) is 11.3. The Morgan fingerprint density at radius 3 is 2.31 bits per heavy atom. The van der Waals surface area contributed by atoms with Crippen LogP contribution in [0.1, 0.15) is 17.3 Å². The molecule has 26 heavy (non-hydrogen) atoms. The van der Waals surface area contributed by atoms with E-state index in [0.717, 1.165) is 0 Å². The minimum atomic E-state index is -1.07. The molecule has 0 saturated heterocycles. The summed E-state index contributed by atoms with van der Waals surface area (Å²) in [7, 11) is 0. The summed E-state index contributed by atoms with van der Waals surface area (Å²) in [5.74, 6) is -0.909. The lowest BCUT2D eigenvalue weighted by molar-refractivity contribution is -0.155. The maximum absolute atomic E-state index is 12.1. The van der Waals surface area contributed by atoms with Crippen molar-refractivity contribution in [2.75, 3.05) is 11.9 Å². The number of halogens is 2. The molecule has 0 aliphatic heterocycles. The van der Waals surface area contributed by atoms with Gasteiger partial charge in [0, 0.05) is 5.56 Å². The highest BCUT2D eigenvalue weighted by Crippen LogP contribution is 2.29. The highest BCUT2D eigenvalue weighted by atomic mass is 35.5. The second kappa shape index (κ2) is 9.22. The maximum atomic E-state index is 12.1. The number of amides is 1. The molecule has 0 bridgehead atoms. The molecule has 2 aromatic carbocycles. The molecule has 0 aliphatic carbocycles. The molecule has 0 spiro atoms. The molecule has 0 aliphatic rings. The third-order valence-electron chi connectivity index (χ3n) is 3.26. The number of nitrogens with one attached hydrogen (secondary N) is 1. The molecule has 136 valence electrons. The number of hydrogen-bond donors (Lipinski definition) is 1. The SMILES string of the molecule is C[C@H](OC(=O)COc1ccc(C=O)cc1)C(=O)Nc1c(Cl)cccc1Cl. The van der Waals surface area contributed by atoms with Gasteiger partial charge in [-0.3, -0.25) is 9.59 Å². The Bertz CT molecular complexity index is 787. The van der Waals surface area contributed by atoms with Gasteiger partial charge in [0.1, 0.15) is 12.0 Å². The van der Waals surface area contributed by atoms with E-state index in [0.29, 0.717) is 17.6 Å². The molecule has 0 fully saturated rings. The number of rotatable bonds is 7. The first-order valence-corrected chi connectivity index (χ1v) is 8.28. The number of aldehydes is 1. The van der Waals surface area contributed by atoms with Gasteiger partial charge in [0.15, 0.2) is 12.7 Å². The van der Waals surface area contributed by atoms with E-state index in [4.69, 9.17) is 32.7 Å². The van der Waals surface area contributed by atoms with Crippen molar-refractivity contribution in [3.8, 4) is 5.75 Å². The average molecular weight is 396 g/mol. The number of carbonyl (C=O) groups excluding carboxylic acids is 3. The van der Waals surface area contributed by atoms with Gasteiger partial charge in [-0.15, -0.1) is 0 Å². The Balaban J connectivity index is 1.85. The van der Waals surface area contributed by atoms with Crippen LogP contribution in [0.3, 0.4) is 0 Å². The molecule has 1 N–H and O–H groups in total. The first kappa shape index (κ1) is 19.8. The van der Waals surface area contributed by atoms with E-state index in [9.17, 15) is 14.4 Å². The fraction of sp³-hybridized carbons (Fsp3) is 0.167. The lowest BCUT2D eigenvalue weighted by atomic mass is 10.2. The molecular formula is C18H15Cl2NO5. The summed E-state index contributed by atoms with van der Waals surface area (Å²) < 4.78 is 10.3. The summed E-state index contributed by atoms with van der Waals surface area (Å²) in [6, 6.07) is 11.0. The lowest BCUT2D eigenvalue weighted by Crippen LogP contribution is -2.31. The number of para-hydroxylation sites is 1. The molecule has 6 nitrogen and oxygen atoms in total. The molecule has 1 atom stereocenters. The van der Waals surface area contributed by atoms with Gasteiger partial charge >= 0.3 is 5.97 Å². The van der Waals surface area contributed by atoms with Gasteiger partial charge in [0.05, 0.1) is 15.7 Å². The zero-order valence-corrected chi connectivity index (χ0v) is 15.2. The predicted molar refractivity (Wildman–Crippen MR) is 98.0 cm³/mol. The van der Waals surface area contributed by atoms with Gasteiger partial charge in [-0.1, -0.05) is 29.3 Å². The van der Waals surface area contributed by atoms with Crippen LogP contribution in [0.4, 0.5) is 5.69 Å². The van der Waals surface area contributed by atoms with E-state index in [1.807, 2.05) is 0 Å². The molecule has 8 heteroatoms. The number of carbonyl (C=O) groups is 3. The number of anilines is 1. The average Bonchev–Trinajstić information content (AvgIpc) is 2.63. The molecule has 0 aromatic heterocycles. The minimum absolute atomic E-state index is 0.246. The Morgan fingerprint density at radius 2 is 1.73 bits per heavy atom. The molecule has 2 rings (SSSR count). The fourth-order valence-electron chi connectivity index (χ4n) is 1.91. The smallest absolute Gasteiger partial charge is 0.344 e. The van der Waals surface area contributed by atoms with E-state index < -0.39 is 18.0 Å². The van der Waals surface area contributed by atoms with E-state index in [2.05, 4.69) is 5.32 Å². The highest BCUT2D eigenvalue weighted by molar-refractivity contribution is 6.39. The summed E-state index contributed by atoms with van der Waals surface area (Å²) >= 11 is 11.9. The monoisotopic (exact) mass is 395 g/mol. The summed E-state index contributed by atoms with van der Waals surface area (Å²) in [6.07, 6.45) is -0.375. The molecule has 0 radical (unpaired) electrons. The summed E-state index contributed by atoms with van der Waals surface area (Å²) in [5, 5.41) is 3.06. The van der Waals surface area contributed by atoms with E-state index >= 15 is 0 Å². The van der Waals surface area contributed by atoms with Gasteiger partial charge in [0.2, 0.25) is 0 Å². The molecule has 0 unspecified atom stereocenters. The van der Waals surface area contributed by atoms with Gasteiger partial charge in [-0.25, -0.2) is 4.79 Å². The van der Waals surface area contributed by atoms with Gasteiger partial charge in [0.25, 0.3) is 5.91 Å². The largest absolute Gasteiger partial charge is 0.482 e. The van der Waals surface area contributed by atoms with Crippen LogP contribution in [-0.4, -0.2) is 30.9 Å². The Kier molecular flexibility index (Phi) is 7.00. The van der Waals surface area contributed by atoms with Gasteiger partial charge in [-0.05, 0) is 43.3 Å². The molecule has 0 heterocycles. The second-order valence-corrected chi connectivity index (χ2v) is 6.01. The third kappa shape index (κ3) is 5.47. The van der Waals surface area contributed by atoms with Gasteiger partial charge in [-0.2, -0.15) is 0 Å². The van der Waals surface area contributed by atoms with Gasteiger partial charge < -0.3 is 14.8 Å². The zero-order chi connectivity index (χ0) is 19.1. The van der Waals surface area contributed by atoms with Crippen LogP contribution >= 0.6 is 23.2 Å². The van der Waals surface area contributed by atoms with Crippen molar-refractivity contribution in [2.45, 2.75) is 13.0 Å². The highest BCUT2D eigenvalue weighted by Gasteiger charge is 2.20. The van der Waals surface area contributed by atoms with Crippen molar-refractivity contribution >= 4 is 47.1 Å². The summed E-state index contributed by atoms with van der Waals surface area (Å²) in [4.78, 5) is 34.5. The molecule has 2 aromatic rings. The van der Waals surface area contributed by atoms with Crippen LogP contribution in [-0.2, 0) is 14.3 Å². The lowest BCUT2D eigenvalue weighted by Gasteiger charge is -2.15. The molecule has 1 amide bonds. The maximum Gasteiger partial charge on any atom is 0.344 e. The van der Waals surface area contributed by atoms with Crippen LogP contribution in [0.5, 0.6) is 5.75 Å². The van der Waals surface area contributed by atoms with Crippen LogP contribution in [0.15, 0.2) is 42.5 Å². The Labute approximate surface area is 160 Å². The van der Waals surface area contributed by atoms with Crippen LogP contribution in [0.25, 0.3) is 0 Å². The Morgan fingerprint density at radius 1 is 1.12 bits per heavy atom. The fourth-order valence-corrected chi connectivity index (χ4v) is 2.40. The van der Waals surface area contributed by atoms with Crippen molar-refractivity contribution in [3.05, 3.63) is 58.1 Å². The quantitative estimate of drug-likeness (QED) is 0.570. The number of hydrogen-bond acceptors (Lipinski definition) is 5. The van der Waals surface area contributed by atoms with Crippen molar-refractivity contribution < 1.29 is 23.9 Å². The van der Waals surface area contributed by atoms with Crippen molar-refractivity contribution in [2.24, 2.45) is 0 Å². The van der Waals surface area contributed by atoms with Crippen LogP contribution < -0.4 is 10.1 Å². The van der Waals surface area contributed by atoms with Crippen molar-refractivity contribution in [1.29, 1.82) is 0 Å². The van der Waals surface area contributed by atoms with E-state index in [1.165, 1.54) is 6.92 Å². The first-order valence-electron chi connectivity index (χ1n) is 7.53. The van der Waals surface area contributed by atoms with Crippen molar-refractivity contribution in [1.82, 2.24) is 0 Å². The van der Waals surface area contributed by atoms with Crippen LogP contribution in [0, 0.1) is 0 Å². The summed E-state index contributed by atoms with van der Waals surface area (Å²) in [5.41, 5.74) is 0.735. The number of esters is 1. The third-order valence-corrected chi connectivity index (χ3v) is 3.89. The van der Waals surface area contributed by atoms with Crippen molar-refractivity contribution in [3.63, 3.8) is 0 Å². The Hall–Kier alpha value is -2.57. The topological polar surface area (TPSA) is 81.7 Å². The number of benzene rings is 2. The number of ether oxygens (including phenoxy) is 2. The molecule has 0 saturated carbocycles. The van der Waals surface area contributed by atoms with E-state index in [-0.39, 0.29) is 22.3 Å².